The van der Waals surface area contributed by atoms with Gasteiger partial charge in [0.1, 0.15) is 11.3 Å². The van der Waals surface area contributed by atoms with E-state index in [-0.39, 0.29) is 0 Å². The van der Waals surface area contributed by atoms with Crippen LogP contribution in [0, 0.1) is 6.92 Å². The summed E-state index contributed by atoms with van der Waals surface area (Å²) in [4.78, 5) is 12.7. The van der Waals surface area contributed by atoms with E-state index in [0.29, 0.717) is 5.92 Å². The van der Waals surface area contributed by atoms with Gasteiger partial charge in [-0.25, -0.2) is 9.97 Å². The molecule has 1 N–H and O–H groups in total. The average Bonchev–Trinajstić information content (AvgIpc) is 3.33. The van der Waals surface area contributed by atoms with Crippen molar-refractivity contribution >= 4 is 11.2 Å². The minimum Gasteiger partial charge on any atom is -0.497 e. The molecule has 0 aliphatic heterocycles. The number of hydrogen-bond acceptors (Lipinski definition) is 3. The average molecular weight is 279 g/mol. The van der Waals surface area contributed by atoms with Crippen LogP contribution in [0.25, 0.3) is 22.4 Å². The zero-order valence-electron chi connectivity index (χ0n) is 12.2. The van der Waals surface area contributed by atoms with E-state index < -0.39 is 0 Å². The molecule has 0 atom stereocenters. The summed E-state index contributed by atoms with van der Waals surface area (Å²) in [5.41, 5.74) is 6.35. The zero-order chi connectivity index (χ0) is 14.4. The first kappa shape index (κ1) is 12.4. The second kappa shape index (κ2) is 4.58. The molecule has 0 unspecified atom stereocenters. The number of benzene rings is 1. The maximum absolute atomic E-state index is 5.21. The highest BCUT2D eigenvalue weighted by molar-refractivity contribution is 5.85. The second-order valence-corrected chi connectivity index (χ2v) is 5.62. The van der Waals surface area contributed by atoms with Crippen LogP contribution in [0.15, 0.2) is 30.5 Å². The standard InChI is InChI=1S/C17H17N3O/c1-10-15(12-5-7-13(21-2)8-6-12)20-17-16(10)19-14(9-18-17)11-3-4-11/h5-9,11H,3-4H2,1-2H3,(H,18,20). The summed E-state index contributed by atoms with van der Waals surface area (Å²) in [6.45, 7) is 2.10. The number of ether oxygens (including phenoxy) is 1. The molecule has 106 valence electrons. The molecular weight excluding hydrogens is 262 g/mol. The quantitative estimate of drug-likeness (QED) is 0.793. The molecule has 0 saturated heterocycles. The van der Waals surface area contributed by atoms with Crippen LogP contribution in [0.4, 0.5) is 0 Å². The predicted molar refractivity (Wildman–Crippen MR) is 82.6 cm³/mol. The van der Waals surface area contributed by atoms with Crippen molar-refractivity contribution in [3.63, 3.8) is 0 Å². The third-order valence-electron chi connectivity index (χ3n) is 4.14. The number of aromatic nitrogens is 3. The summed E-state index contributed by atoms with van der Waals surface area (Å²) in [5.74, 6) is 1.49. The van der Waals surface area contributed by atoms with Crippen molar-refractivity contribution in [1.82, 2.24) is 15.0 Å². The van der Waals surface area contributed by atoms with Crippen molar-refractivity contribution in [3.8, 4) is 17.0 Å². The van der Waals surface area contributed by atoms with Gasteiger partial charge < -0.3 is 9.72 Å². The molecule has 0 spiro atoms. The van der Waals surface area contributed by atoms with Gasteiger partial charge in [-0.2, -0.15) is 0 Å². The third-order valence-corrected chi connectivity index (χ3v) is 4.14. The lowest BCUT2D eigenvalue weighted by Gasteiger charge is -2.02. The Balaban J connectivity index is 1.82. The molecule has 3 aromatic rings. The largest absolute Gasteiger partial charge is 0.497 e. The fourth-order valence-electron chi connectivity index (χ4n) is 2.71. The third kappa shape index (κ3) is 2.07. The Morgan fingerprint density at radius 3 is 2.62 bits per heavy atom. The Hall–Kier alpha value is -2.36. The molecule has 1 fully saturated rings. The van der Waals surface area contributed by atoms with Crippen molar-refractivity contribution in [2.45, 2.75) is 25.7 Å². The molecule has 2 heterocycles. The fourth-order valence-corrected chi connectivity index (χ4v) is 2.71. The second-order valence-electron chi connectivity index (χ2n) is 5.62. The molecule has 1 aromatic carbocycles. The Kier molecular flexibility index (Phi) is 2.70. The van der Waals surface area contributed by atoms with Gasteiger partial charge in [0.25, 0.3) is 0 Å². The molecule has 0 amide bonds. The van der Waals surface area contributed by atoms with E-state index in [0.717, 1.165) is 39.4 Å². The SMILES string of the molecule is COc1ccc(-c2[nH]c3ncc(C4CC4)nc3c2C)cc1. The van der Waals surface area contributed by atoms with Crippen molar-refractivity contribution < 1.29 is 4.74 Å². The number of hydrogen-bond donors (Lipinski definition) is 1. The van der Waals surface area contributed by atoms with Crippen molar-refractivity contribution in [2.75, 3.05) is 7.11 Å². The highest BCUT2D eigenvalue weighted by atomic mass is 16.5. The van der Waals surface area contributed by atoms with E-state index in [1.807, 2.05) is 18.3 Å². The van der Waals surface area contributed by atoms with Crippen molar-refractivity contribution in [2.24, 2.45) is 0 Å². The lowest BCUT2D eigenvalue weighted by Crippen LogP contribution is -1.89. The van der Waals surface area contributed by atoms with Gasteiger partial charge in [-0.05, 0) is 49.6 Å². The molecule has 1 saturated carbocycles. The van der Waals surface area contributed by atoms with Crippen molar-refractivity contribution in [3.05, 3.63) is 41.7 Å². The maximum Gasteiger partial charge on any atom is 0.156 e. The Morgan fingerprint density at radius 2 is 1.95 bits per heavy atom. The summed E-state index contributed by atoms with van der Waals surface area (Å²) in [6.07, 6.45) is 4.40. The molecule has 4 heteroatoms. The summed E-state index contributed by atoms with van der Waals surface area (Å²) in [7, 11) is 1.68. The van der Waals surface area contributed by atoms with E-state index in [1.165, 1.54) is 12.8 Å². The van der Waals surface area contributed by atoms with E-state index in [2.05, 4.69) is 29.0 Å². The molecule has 4 rings (SSSR count). The smallest absolute Gasteiger partial charge is 0.156 e. The minimum atomic E-state index is 0.626. The van der Waals surface area contributed by atoms with Crippen LogP contribution >= 0.6 is 0 Å². The first-order chi connectivity index (χ1) is 10.3. The van der Waals surface area contributed by atoms with Crippen molar-refractivity contribution in [1.29, 1.82) is 0 Å². The number of nitrogens with one attached hydrogen (secondary N) is 1. The van der Waals surface area contributed by atoms with Crippen LogP contribution in [0.3, 0.4) is 0 Å². The van der Waals surface area contributed by atoms with Gasteiger partial charge in [0, 0.05) is 11.5 Å². The summed E-state index contributed by atoms with van der Waals surface area (Å²) < 4.78 is 5.21. The number of aromatic amines is 1. The van der Waals surface area contributed by atoms with Gasteiger partial charge in [-0.3, -0.25) is 0 Å². The number of aryl methyl sites for hydroxylation is 1. The molecule has 4 nitrogen and oxygen atoms in total. The minimum absolute atomic E-state index is 0.626. The van der Waals surface area contributed by atoms with E-state index in [1.54, 1.807) is 7.11 Å². The van der Waals surface area contributed by atoms with E-state index in [4.69, 9.17) is 9.72 Å². The van der Waals surface area contributed by atoms with Gasteiger partial charge in [-0.1, -0.05) is 0 Å². The van der Waals surface area contributed by atoms with Gasteiger partial charge in [0.15, 0.2) is 5.65 Å². The normalized spacial score (nSPS) is 14.6. The lowest BCUT2D eigenvalue weighted by molar-refractivity contribution is 0.415. The summed E-state index contributed by atoms with van der Waals surface area (Å²) >= 11 is 0. The van der Waals surface area contributed by atoms with Crippen LogP contribution in [-0.2, 0) is 0 Å². The highest BCUT2D eigenvalue weighted by Crippen LogP contribution is 2.39. The number of methoxy groups -OCH3 is 1. The fraction of sp³-hybridized carbons (Fsp3) is 0.294. The summed E-state index contributed by atoms with van der Waals surface area (Å²) in [5, 5.41) is 0. The monoisotopic (exact) mass is 279 g/mol. The van der Waals surface area contributed by atoms with Gasteiger partial charge in [-0.15, -0.1) is 0 Å². The van der Waals surface area contributed by atoms with Crippen LogP contribution in [0.1, 0.15) is 30.0 Å². The molecular formula is C17H17N3O. The lowest BCUT2D eigenvalue weighted by atomic mass is 10.1. The first-order valence-electron chi connectivity index (χ1n) is 7.26. The number of fused-ring (bicyclic) bond motifs is 1. The van der Waals surface area contributed by atoms with Crippen LogP contribution < -0.4 is 4.74 Å². The summed E-state index contributed by atoms with van der Waals surface area (Å²) in [6, 6.07) is 8.05. The number of H-pyrrole nitrogens is 1. The van der Waals surface area contributed by atoms with E-state index >= 15 is 0 Å². The number of rotatable bonds is 3. The predicted octanol–water partition coefficient (Wildman–Crippen LogP) is 3.82. The maximum atomic E-state index is 5.21. The zero-order valence-corrected chi connectivity index (χ0v) is 12.2. The molecule has 0 radical (unpaired) electrons. The Bertz CT molecular complexity index is 801. The molecule has 1 aliphatic carbocycles. The Morgan fingerprint density at radius 1 is 1.19 bits per heavy atom. The van der Waals surface area contributed by atoms with Crippen LogP contribution in [0.5, 0.6) is 5.75 Å². The molecule has 2 aromatic heterocycles. The first-order valence-corrected chi connectivity index (χ1v) is 7.26. The van der Waals surface area contributed by atoms with Gasteiger partial charge in [0.2, 0.25) is 0 Å². The molecule has 1 aliphatic rings. The topological polar surface area (TPSA) is 50.8 Å². The van der Waals surface area contributed by atoms with E-state index in [9.17, 15) is 0 Å². The number of nitrogens with zero attached hydrogens (tertiary/aromatic N) is 2. The van der Waals surface area contributed by atoms with Gasteiger partial charge in [0.05, 0.1) is 24.7 Å². The van der Waals surface area contributed by atoms with Crippen LogP contribution in [-0.4, -0.2) is 22.1 Å². The molecule has 0 bridgehead atoms. The van der Waals surface area contributed by atoms with Gasteiger partial charge >= 0.3 is 0 Å². The van der Waals surface area contributed by atoms with Crippen LogP contribution in [0.2, 0.25) is 0 Å². The highest BCUT2D eigenvalue weighted by Gasteiger charge is 2.26. The molecule has 21 heavy (non-hydrogen) atoms. The Labute approximate surface area is 123 Å².